The number of benzene rings is 1. The monoisotopic (exact) mass is 286 g/mol. The third-order valence-electron chi connectivity index (χ3n) is 2.93. The summed E-state index contributed by atoms with van der Waals surface area (Å²) in [7, 11) is -3.12. The lowest BCUT2D eigenvalue weighted by Gasteiger charge is -2.11. The highest BCUT2D eigenvalue weighted by Gasteiger charge is 2.18. The molecule has 1 atom stereocenters. The topological polar surface area (TPSA) is 80.7 Å². The molecule has 0 heterocycles. The zero-order valence-corrected chi connectivity index (χ0v) is 11.8. The summed E-state index contributed by atoms with van der Waals surface area (Å²) in [6.07, 6.45) is 0.579. The summed E-state index contributed by atoms with van der Waals surface area (Å²) in [5, 5.41) is 8.36. The summed E-state index contributed by atoms with van der Waals surface area (Å²) < 4.78 is 28.8. The van der Waals surface area contributed by atoms with Crippen molar-refractivity contribution in [3.8, 4) is 5.75 Å². The third-order valence-corrected chi connectivity index (χ3v) is 5.22. The van der Waals surface area contributed by atoms with Crippen LogP contribution in [0, 0.1) is 0 Å². The van der Waals surface area contributed by atoms with E-state index in [9.17, 15) is 13.2 Å². The van der Waals surface area contributed by atoms with Crippen LogP contribution in [0.2, 0.25) is 0 Å². The van der Waals surface area contributed by atoms with E-state index >= 15 is 0 Å². The maximum atomic E-state index is 11.7. The fourth-order valence-electron chi connectivity index (χ4n) is 1.42. The second-order valence-electron chi connectivity index (χ2n) is 4.26. The molecule has 0 amide bonds. The van der Waals surface area contributed by atoms with Crippen molar-refractivity contribution in [1.82, 2.24) is 0 Å². The summed E-state index contributed by atoms with van der Waals surface area (Å²) in [6, 6.07) is 5.86. The second kappa shape index (κ2) is 6.56. The molecule has 0 aromatic heterocycles. The average molecular weight is 286 g/mol. The van der Waals surface area contributed by atoms with E-state index in [-0.39, 0.29) is 23.2 Å². The minimum atomic E-state index is -3.12. The predicted molar refractivity (Wildman–Crippen MR) is 72.4 cm³/mol. The number of hydrogen-bond donors (Lipinski definition) is 1. The standard InChI is InChI=1S/C13H18O5S/c1-3-10(2)19(16,17)9-8-18-12-6-4-11(5-7-12)13(14)15/h4-7,10H,3,8-9H2,1-2H3,(H,14,15). The minimum Gasteiger partial charge on any atom is -0.493 e. The Morgan fingerprint density at radius 1 is 1.32 bits per heavy atom. The first-order valence-corrected chi connectivity index (χ1v) is 7.76. The molecule has 6 heteroatoms. The van der Waals surface area contributed by atoms with Gasteiger partial charge in [-0.25, -0.2) is 13.2 Å². The summed E-state index contributed by atoms with van der Waals surface area (Å²) >= 11 is 0. The minimum absolute atomic E-state index is 0.0390. The fraction of sp³-hybridized carbons (Fsp3) is 0.462. The number of sulfone groups is 1. The first-order valence-electron chi connectivity index (χ1n) is 6.04. The van der Waals surface area contributed by atoms with E-state index in [1.807, 2.05) is 6.92 Å². The Morgan fingerprint density at radius 3 is 2.37 bits per heavy atom. The van der Waals surface area contributed by atoms with Gasteiger partial charge in [0.25, 0.3) is 0 Å². The van der Waals surface area contributed by atoms with Gasteiger partial charge in [-0.15, -0.1) is 0 Å². The SMILES string of the molecule is CCC(C)S(=O)(=O)CCOc1ccc(C(=O)O)cc1. The van der Waals surface area contributed by atoms with Gasteiger partial charge in [0.2, 0.25) is 0 Å². The number of hydrogen-bond acceptors (Lipinski definition) is 4. The van der Waals surface area contributed by atoms with Crippen molar-refractivity contribution in [3.63, 3.8) is 0 Å². The van der Waals surface area contributed by atoms with Gasteiger partial charge in [-0.2, -0.15) is 0 Å². The van der Waals surface area contributed by atoms with Gasteiger partial charge in [-0.3, -0.25) is 0 Å². The molecule has 0 aliphatic carbocycles. The van der Waals surface area contributed by atoms with E-state index in [1.54, 1.807) is 6.92 Å². The van der Waals surface area contributed by atoms with Crippen LogP contribution in [-0.2, 0) is 9.84 Å². The number of carboxylic acids is 1. The Morgan fingerprint density at radius 2 is 1.89 bits per heavy atom. The number of aromatic carboxylic acids is 1. The van der Waals surface area contributed by atoms with Gasteiger partial charge in [0.1, 0.15) is 12.4 Å². The van der Waals surface area contributed by atoms with Crippen LogP contribution in [0.5, 0.6) is 5.75 Å². The fourth-order valence-corrected chi connectivity index (χ4v) is 2.65. The van der Waals surface area contributed by atoms with E-state index in [0.717, 1.165) is 0 Å². The van der Waals surface area contributed by atoms with Crippen LogP contribution in [0.3, 0.4) is 0 Å². The molecule has 0 fully saturated rings. The largest absolute Gasteiger partial charge is 0.493 e. The van der Waals surface area contributed by atoms with Crippen molar-refractivity contribution in [2.24, 2.45) is 0 Å². The van der Waals surface area contributed by atoms with Crippen molar-refractivity contribution >= 4 is 15.8 Å². The third kappa shape index (κ3) is 4.55. The second-order valence-corrected chi connectivity index (χ2v) is 6.80. The lowest BCUT2D eigenvalue weighted by atomic mass is 10.2. The van der Waals surface area contributed by atoms with Crippen LogP contribution < -0.4 is 4.74 Å². The Labute approximate surface area is 113 Å². The normalized spacial score (nSPS) is 12.9. The number of ether oxygens (including phenoxy) is 1. The van der Waals surface area contributed by atoms with Crippen molar-refractivity contribution in [1.29, 1.82) is 0 Å². The highest BCUT2D eigenvalue weighted by Crippen LogP contribution is 2.13. The lowest BCUT2D eigenvalue weighted by Crippen LogP contribution is -2.23. The van der Waals surface area contributed by atoms with Gasteiger partial charge in [-0.05, 0) is 37.6 Å². The van der Waals surface area contributed by atoms with Crippen LogP contribution >= 0.6 is 0 Å². The van der Waals surface area contributed by atoms with Gasteiger partial charge in [0.05, 0.1) is 16.6 Å². The maximum Gasteiger partial charge on any atom is 0.335 e. The van der Waals surface area contributed by atoms with E-state index in [0.29, 0.717) is 12.2 Å². The molecule has 1 N–H and O–H groups in total. The number of rotatable bonds is 7. The van der Waals surface area contributed by atoms with Gasteiger partial charge in [-0.1, -0.05) is 6.92 Å². The molecule has 0 saturated carbocycles. The molecule has 19 heavy (non-hydrogen) atoms. The summed E-state index contributed by atoms with van der Waals surface area (Å²) in [5.74, 6) is -0.585. The van der Waals surface area contributed by atoms with Gasteiger partial charge >= 0.3 is 5.97 Å². The van der Waals surface area contributed by atoms with Crippen molar-refractivity contribution in [2.45, 2.75) is 25.5 Å². The van der Waals surface area contributed by atoms with Crippen molar-refractivity contribution in [3.05, 3.63) is 29.8 Å². The zero-order chi connectivity index (χ0) is 14.5. The molecule has 1 unspecified atom stereocenters. The Hall–Kier alpha value is -1.56. The highest BCUT2D eigenvalue weighted by molar-refractivity contribution is 7.92. The predicted octanol–water partition coefficient (Wildman–Crippen LogP) is 1.98. The van der Waals surface area contributed by atoms with Gasteiger partial charge < -0.3 is 9.84 Å². The molecule has 0 radical (unpaired) electrons. The molecule has 0 aliphatic heterocycles. The van der Waals surface area contributed by atoms with Crippen LogP contribution in [0.4, 0.5) is 0 Å². The molecule has 1 rings (SSSR count). The average Bonchev–Trinajstić information content (AvgIpc) is 2.38. The zero-order valence-electron chi connectivity index (χ0n) is 11.0. The molecule has 0 aliphatic rings. The van der Waals surface area contributed by atoms with Crippen molar-refractivity contribution < 1.29 is 23.1 Å². The van der Waals surface area contributed by atoms with Crippen LogP contribution in [0.15, 0.2) is 24.3 Å². The van der Waals surface area contributed by atoms with Gasteiger partial charge in [0.15, 0.2) is 9.84 Å². The summed E-state index contributed by atoms with van der Waals surface area (Å²) in [5.41, 5.74) is 0.166. The maximum absolute atomic E-state index is 11.7. The van der Waals surface area contributed by atoms with E-state index in [2.05, 4.69) is 0 Å². The van der Waals surface area contributed by atoms with Crippen LogP contribution in [-0.4, -0.2) is 37.1 Å². The molecule has 1 aromatic carbocycles. The molecule has 0 spiro atoms. The molecule has 0 bridgehead atoms. The first kappa shape index (κ1) is 15.5. The van der Waals surface area contributed by atoms with Crippen LogP contribution in [0.1, 0.15) is 30.6 Å². The molecular formula is C13H18O5S. The molecular weight excluding hydrogens is 268 g/mol. The Kier molecular flexibility index (Phi) is 5.35. The van der Waals surface area contributed by atoms with E-state index < -0.39 is 15.8 Å². The summed E-state index contributed by atoms with van der Waals surface area (Å²) in [4.78, 5) is 10.6. The molecule has 5 nitrogen and oxygen atoms in total. The number of carboxylic acid groups (broad SMARTS) is 1. The molecule has 1 aromatic rings. The highest BCUT2D eigenvalue weighted by atomic mass is 32.2. The Balaban J connectivity index is 2.52. The Bertz CT molecular complexity index is 518. The lowest BCUT2D eigenvalue weighted by molar-refractivity contribution is 0.0697. The van der Waals surface area contributed by atoms with Crippen LogP contribution in [0.25, 0.3) is 0 Å². The van der Waals surface area contributed by atoms with E-state index in [4.69, 9.17) is 9.84 Å². The van der Waals surface area contributed by atoms with Crippen molar-refractivity contribution in [2.75, 3.05) is 12.4 Å². The smallest absolute Gasteiger partial charge is 0.335 e. The quantitative estimate of drug-likeness (QED) is 0.829. The summed E-state index contributed by atoms with van der Waals surface area (Å²) in [6.45, 7) is 3.57. The molecule has 0 saturated heterocycles. The molecule has 106 valence electrons. The first-order chi connectivity index (χ1) is 8.86. The van der Waals surface area contributed by atoms with Gasteiger partial charge in [0, 0.05) is 0 Å². The van der Waals surface area contributed by atoms with E-state index in [1.165, 1.54) is 24.3 Å². The number of carbonyl (C=O) groups is 1.